The molecule has 6 heteroatoms. The van der Waals surface area contributed by atoms with Gasteiger partial charge in [0.15, 0.2) is 5.16 Å². The maximum atomic E-state index is 5.97. The van der Waals surface area contributed by atoms with Gasteiger partial charge >= 0.3 is 0 Å². The van der Waals surface area contributed by atoms with Gasteiger partial charge in [-0.05, 0) is 33.1 Å². The molecule has 2 aromatic heterocycles. The Hall–Kier alpha value is -1.20. The number of thioether (sulfide) groups is 1. The second kappa shape index (κ2) is 5.84. The fourth-order valence-corrected chi connectivity index (χ4v) is 2.55. The van der Waals surface area contributed by atoms with Crippen LogP contribution in [0.2, 0.25) is 5.15 Å². The van der Waals surface area contributed by atoms with Gasteiger partial charge in [-0.2, -0.15) is 0 Å². The Labute approximate surface area is 122 Å². The van der Waals surface area contributed by atoms with Crippen LogP contribution in [-0.2, 0) is 0 Å². The van der Waals surface area contributed by atoms with Crippen LogP contribution in [0, 0.1) is 13.8 Å². The lowest BCUT2D eigenvalue weighted by Crippen LogP contribution is -2.09. The summed E-state index contributed by atoms with van der Waals surface area (Å²) in [6, 6.07) is 3.85. The van der Waals surface area contributed by atoms with Gasteiger partial charge in [-0.3, -0.25) is 0 Å². The maximum absolute atomic E-state index is 5.97. The standard InChI is InChI=1S/C13H16ClN3OS/c1-7-5-10(9(3)18-7)8(2)15-12-6-11(14)16-13(17-12)19-4/h5-6,8H,1-4H3,(H,15,16,17). The molecule has 0 fully saturated rings. The number of hydrogen-bond donors (Lipinski definition) is 1. The minimum absolute atomic E-state index is 0.0955. The van der Waals surface area contributed by atoms with Gasteiger partial charge < -0.3 is 9.73 Å². The highest BCUT2D eigenvalue weighted by Gasteiger charge is 2.13. The number of nitrogens with one attached hydrogen (secondary N) is 1. The third-order valence-corrected chi connectivity index (χ3v) is 3.51. The molecule has 0 amide bonds. The SMILES string of the molecule is CSc1nc(Cl)cc(NC(C)c2cc(C)oc2C)n1. The zero-order chi connectivity index (χ0) is 14.0. The van der Waals surface area contributed by atoms with Crippen molar-refractivity contribution in [2.45, 2.75) is 32.0 Å². The van der Waals surface area contributed by atoms with Gasteiger partial charge in [0.2, 0.25) is 0 Å². The van der Waals surface area contributed by atoms with Crippen LogP contribution in [-0.4, -0.2) is 16.2 Å². The predicted octanol–water partition coefficient (Wildman–Crippen LogP) is 4.23. The average molecular weight is 298 g/mol. The Morgan fingerprint density at radius 3 is 2.63 bits per heavy atom. The van der Waals surface area contributed by atoms with Crippen molar-refractivity contribution in [1.29, 1.82) is 0 Å². The second-order valence-corrected chi connectivity index (χ2v) is 5.46. The van der Waals surface area contributed by atoms with E-state index in [0.717, 1.165) is 22.9 Å². The molecular weight excluding hydrogens is 282 g/mol. The zero-order valence-corrected chi connectivity index (χ0v) is 12.9. The van der Waals surface area contributed by atoms with E-state index < -0.39 is 0 Å². The number of aromatic nitrogens is 2. The van der Waals surface area contributed by atoms with E-state index in [1.807, 2.05) is 26.2 Å². The Morgan fingerprint density at radius 1 is 1.32 bits per heavy atom. The van der Waals surface area contributed by atoms with Gasteiger partial charge in [-0.25, -0.2) is 9.97 Å². The average Bonchev–Trinajstić information content (AvgIpc) is 2.67. The van der Waals surface area contributed by atoms with Crippen molar-refractivity contribution in [2.75, 3.05) is 11.6 Å². The zero-order valence-electron chi connectivity index (χ0n) is 11.3. The molecule has 0 spiro atoms. The van der Waals surface area contributed by atoms with Crippen LogP contribution in [0.25, 0.3) is 0 Å². The number of halogens is 1. The molecule has 1 atom stereocenters. The molecule has 0 aliphatic rings. The molecule has 0 saturated carbocycles. The number of anilines is 1. The van der Waals surface area contributed by atoms with Crippen LogP contribution in [0.5, 0.6) is 0 Å². The Balaban J connectivity index is 2.21. The first kappa shape index (κ1) is 14.2. The first-order valence-electron chi connectivity index (χ1n) is 5.91. The molecule has 4 nitrogen and oxygen atoms in total. The number of hydrogen-bond acceptors (Lipinski definition) is 5. The summed E-state index contributed by atoms with van der Waals surface area (Å²) >= 11 is 7.43. The van der Waals surface area contributed by atoms with E-state index in [2.05, 4.69) is 22.2 Å². The number of nitrogens with zero attached hydrogens (tertiary/aromatic N) is 2. The lowest BCUT2D eigenvalue weighted by molar-refractivity contribution is 0.499. The normalized spacial score (nSPS) is 12.5. The predicted molar refractivity (Wildman–Crippen MR) is 79.0 cm³/mol. The highest BCUT2D eigenvalue weighted by Crippen LogP contribution is 2.25. The minimum atomic E-state index is 0.0955. The van der Waals surface area contributed by atoms with E-state index in [9.17, 15) is 0 Å². The highest BCUT2D eigenvalue weighted by molar-refractivity contribution is 7.98. The largest absolute Gasteiger partial charge is 0.466 e. The van der Waals surface area contributed by atoms with Crippen molar-refractivity contribution in [2.24, 2.45) is 0 Å². The monoisotopic (exact) mass is 297 g/mol. The molecular formula is C13H16ClN3OS. The number of rotatable bonds is 4. The van der Waals surface area contributed by atoms with E-state index in [-0.39, 0.29) is 6.04 Å². The van der Waals surface area contributed by atoms with Crippen molar-refractivity contribution in [1.82, 2.24) is 9.97 Å². The lowest BCUT2D eigenvalue weighted by Gasteiger charge is -2.14. The van der Waals surface area contributed by atoms with Gasteiger partial charge in [-0.1, -0.05) is 23.4 Å². The molecule has 1 unspecified atom stereocenters. The molecule has 19 heavy (non-hydrogen) atoms. The third kappa shape index (κ3) is 3.42. The minimum Gasteiger partial charge on any atom is -0.466 e. The summed E-state index contributed by atoms with van der Waals surface area (Å²) in [7, 11) is 0. The van der Waals surface area contributed by atoms with Crippen LogP contribution in [0.1, 0.15) is 30.0 Å². The molecule has 2 aromatic rings. The number of aryl methyl sites for hydroxylation is 2. The van der Waals surface area contributed by atoms with Crippen LogP contribution >= 0.6 is 23.4 Å². The summed E-state index contributed by atoms with van der Waals surface area (Å²) in [5.41, 5.74) is 1.12. The molecule has 0 radical (unpaired) electrons. The van der Waals surface area contributed by atoms with Crippen LogP contribution < -0.4 is 5.32 Å². The summed E-state index contributed by atoms with van der Waals surface area (Å²) < 4.78 is 5.54. The Bertz CT molecular complexity index is 585. The molecule has 102 valence electrons. The highest BCUT2D eigenvalue weighted by atomic mass is 35.5. The molecule has 0 bridgehead atoms. The summed E-state index contributed by atoms with van der Waals surface area (Å²) in [6.45, 7) is 5.96. The van der Waals surface area contributed by atoms with E-state index >= 15 is 0 Å². The molecule has 0 saturated heterocycles. The van der Waals surface area contributed by atoms with Crippen molar-refractivity contribution < 1.29 is 4.42 Å². The van der Waals surface area contributed by atoms with Gasteiger partial charge in [0.25, 0.3) is 0 Å². The molecule has 2 rings (SSSR count). The number of furan rings is 1. The molecule has 1 N–H and O–H groups in total. The fraction of sp³-hybridized carbons (Fsp3) is 0.385. The second-order valence-electron chi connectivity index (χ2n) is 4.30. The van der Waals surface area contributed by atoms with Crippen LogP contribution in [0.15, 0.2) is 21.7 Å². The van der Waals surface area contributed by atoms with Crippen molar-refractivity contribution in [3.8, 4) is 0 Å². The fourth-order valence-electron chi connectivity index (χ4n) is 1.94. The van der Waals surface area contributed by atoms with E-state index in [0.29, 0.717) is 10.3 Å². The van der Waals surface area contributed by atoms with Gasteiger partial charge in [0.1, 0.15) is 22.5 Å². The van der Waals surface area contributed by atoms with E-state index in [1.165, 1.54) is 11.8 Å². The summed E-state index contributed by atoms with van der Waals surface area (Å²) in [4.78, 5) is 8.49. The first-order valence-corrected chi connectivity index (χ1v) is 7.52. The molecule has 2 heterocycles. The van der Waals surface area contributed by atoms with Crippen molar-refractivity contribution >= 4 is 29.2 Å². The van der Waals surface area contributed by atoms with E-state index in [1.54, 1.807) is 6.07 Å². The van der Waals surface area contributed by atoms with Crippen molar-refractivity contribution in [3.05, 3.63) is 34.4 Å². The van der Waals surface area contributed by atoms with Gasteiger partial charge in [-0.15, -0.1) is 0 Å². The third-order valence-electron chi connectivity index (χ3n) is 2.77. The molecule has 0 aliphatic heterocycles. The first-order chi connectivity index (χ1) is 8.99. The van der Waals surface area contributed by atoms with Gasteiger partial charge in [0.05, 0.1) is 6.04 Å². The van der Waals surface area contributed by atoms with Crippen molar-refractivity contribution in [3.63, 3.8) is 0 Å². The summed E-state index contributed by atoms with van der Waals surface area (Å²) in [6.07, 6.45) is 1.92. The lowest BCUT2D eigenvalue weighted by atomic mass is 10.1. The quantitative estimate of drug-likeness (QED) is 0.520. The van der Waals surface area contributed by atoms with Gasteiger partial charge in [0, 0.05) is 11.6 Å². The maximum Gasteiger partial charge on any atom is 0.190 e. The van der Waals surface area contributed by atoms with Crippen LogP contribution in [0.4, 0.5) is 5.82 Å². The molecule has 0 aromatic carbocycles. The summed E-state index contributed by atoms with van der Waals surface area (Å²) in [5.74, 6) is 2.55. The van der Waals surface area contributed by atoms with Crippen LogP contribution in [0.3, 0.4) is 0 Å². The Morgan fingerprint density at radius 2 is 2.05 bits per heavy atom. The van der Waals surface area contributed by atoms with E-state index in [4.69, 9.17) is 16.0 Å². The topological polar surface area (TPSA) is 51.0 Å². The molecule has 0 aliphatic carbocycles. The Kier molecular flexibility index (Phi) is 4.37. The smallest absolute Gasteiger partial charge is 0.190 e. The summed E-state index contributed by atoms with van der Waals surface area (Å²) in [5, 5.41) is 4.41.